The van der Waals surface area contributed by atoms with Crippen LogP contribution < -0.4 is 0 Å². The molecular weight excluding hydrogens is 192 g/mol. The molecule has 1 aliphatic carbocycles. The largest absolute Gasteiger partial charge is 0.466 e. The molecule has 0 heterocycles. The second-order valence-corrected chi connectivity index (χ2v) is 4.18. The van der Waals surface area contributed by atoms with Crippen molar-refractivity contribution < 1.29 is 14.3 Å². The number of hydrogen-bond donors (Lipinski definition) is 0. The third kappa shape index (κ3) is 6.50. The van der Waals surface area contributed by atoms with Crippen molar-refractivity contribution in [2.24, 2.45) is 0 Å². The maximum absolute atomic E-state index is 10.5. The van der Waals surface area contributed by atoms with Gasteiger partial charge in [-0.05, 0) is 25.7 Å². The first-order chi connectivity index (χ1) is 7.29. The van der Waals surface area contributed by atoms with Gasteiger partial charge in [0.2, 0.25) is 0 Å². The van der Waals surface area contributed by atoms with Crippen LogP contribution in [0.2, 0.25) is 0 Å². The average Bonchev–Trinajstić information content (AvgIpc) is 2.24. The number of unbranched alkanes of at least 4 members (excludes halogenated alkanes) is 1. The van der Waals surface area contributed by atoms with Gasteiger partial charge in [0.15, 0.2) is 0 Å². The Labute approximate surface area is 92.1 Å². The molecule has 0 aromatic rings. The molecule has 0 saturated heterocycles. The molecule has 0 aromatic heterocycles. The molecule has 1 rings (SSSR count). The summed E-state index contributed by atoms with van der Waals surface area (Å²) in [4.78, 5) is 10.5. The monoisotopic (exact) mass is 214 g/mol. The van der Waals surface area contributed by atoms with Crippen molar-refractivity contribution in [1.82, 2.24) is 0 Å². The smallest absolute Gasteiger partial charge is 0.302 e. The Morgan fingerprint density at radius 1 is 1.13 bits per heavy atom. The summed E-state index contributed by atoms with van der Waals surface area (Å²) < 4.78 is 10.6. The third-order valence-corrected chi connectivity index (χ3v) is 2.75. The summed E-state index contributed by atoms with van der Waals surface area (Å²) in [7, 11) is 0. The number of ether oxygens (including phenoxy) is 2. The predicted octanol–water partition coefficient (Wildman–Crippen LogP) is 2.68. The highest BCUT2D eigenvalue weighted by atomic mass is 16.5. The minimum absolute atomic E-state index is 0.191. The van der Waals surface area contributed by atoms with Crippen molar-refractivity contribution in [3.63, 3.8) is 0 Å². The van der Waals surface area contributed by atoms with E-state index >= 15 is 0 Å². The second-order valence-electron chi connectivity index (χ2n) is 4.18. The fraction of sp³-hybridized carbons (Fsp3) is 0.917. The predicted molar refractivity (Wildman–Crippen MR) is 58.7 cm³/mol. The Morgan fingerprint density at radius 3 is 2.47 bits per heavy atom. The summed E-state index contributed by atoms with van der Waals surface area (Å²) in [5, 5.41) is 0. The van der Waals surface area contributed by atoms with Gasteiger partial charge in [0.25, 0.3) is 0 Å². The van der Waals surface area contributed by atoms with Gasteiger partial charge < -0.3 is 9.47 Å². The van der Waals surface area contributed by atoms with Crippen LogP contribution in [0.4, 0.5) is 0 Å². The summed E-state index contributed by atoms with van der Waals surface area (Å²) >= 11 is 0. The molecule has 0 atom stereocenters. The van der Waals surface area contributed by atoms with Crippen LogP contribution in [0.3, 0.4) is 0 Å². The van der Waals surface area contributed by atoms with Crippen molar-refractivity contribution in [2.45, 2.75) is 58.0 Å². The quantitative estimate of drug-likeness (QED) is 0.503. The van der Waals surface area contributed by atoms with Gasteiger partial charge in [0.05, 0.1) is 12.7 Å². The standard InChI is InChI=1S/C12H22O3/c1-11(13)14-9-5-6-10-15-12-7-3-2-4-8-12/h12H,2-10H2,1H3. The highest BCUT2D eigenvalue weighted by Gasteiger charge is 2.12. The highest BCUT2D eigenvalue weighted by Crippen LogP contribution is 2.20. The maximum atomic E-state index is 10.5. The summed E-state index contributed by atoms with van der Waals surface area (Å²) in [5.74, 6) is -0.191. The Morgan fingerprint density at radius 2 is 1.80 bits per heavy atom. The van der Waals surface area contributed by atoms with Crippen LogP contribution in [0.5, 0.6) is 0 Å². The molecule has 3 heteroatoms. The molecule has 0 bridgehead atoms. The molecule has 1 saturated carbocycles. The van der Waals surface area contributed by atoms with Gasteiger partial charge in [-0.15, -0.1) is 0 Å². The zero-order valence-corrected chi connectivity index (χ0v) is 9.67. The Kier molecular flexibility index (Phi) is 6.41. The zero-order valence-electron chi connectivity index (χ0n) is 9.67. The van der Waals surface area contributed by atoms with E-state index in [0.29, 0.717) is 12.7 Å². The van der Waals surface area contributed by atoms with Crippen LogP contribution in [0, 0.1) is 0 Å². The molecule has 0 amide bonds. The van der Waals surface area contributed by atoms with Gasteiger partial charge in [-0.25, -0.2) is 0 Å². The van der Waals surface area contributed by atoms with Crippen molar-refractivity contribution >= 4 is 5.97 Å². The molecule has 1 fully saturated rings. The van der Waals surface area contributed by atoms with Crippen molar-refractivity contribution in [2.75, 3.05) is 13.2 Å². The number of esters is 1. The number of rotatable bonds is 6. The Balaban J connectivity index is 1.85. The average molecular weight is 214 g/mol. The fourth-order valence-electron chi connectivity index (χ4n) is 1.90. The Bertz CT molecular complexity index is 174. The first-order valence-corrected chi connectivity index (χ1v) is 6.04. The normalized spacial score (nSPS) is 17.7. The van der Waals surface area contributed by atoms with Crippen LogP contribution in [-0.2, 0) is 14.3 Å². The lowest BCUT2D eigenvalue weighted by molar-refractivity contribution is -0.141. The molecule has 0 aliphatic heterocycles. The molecule has 15 heavy (non-hydrogen) atoms. The zero-order chi connectivity index (χ0) is 10.9. The van der Waals surface area contributed by atoms with Gasteiger partial charge >= 0.3 is 5.97 Å². The second kappa shape index (κ2) is 7.69. The number of carbonyl (C=O) groups excluding carboxylic acids is 1. The van der Waals surface area contributed by atoms with E-state index in [1.54, 1.807) is 0 Å². The van der Waals surface area contributed by atoms with E-state index < -0.39 is 0 Å². The molecule has 3 nitrogen and oxygen atoms in total. The number of carbonyl (C=O) groups is 1. The van der Waals surface area contributed by atoms with Crippen molar-refractivity contribution in [3.05, 3.63) is 0 Å². The van der Waals surface area contributed by atoms with E-state index in [9.17, 15) is 4.79 Å². The molecule has 0 spiro atoms. The SMILES string of the molecule is CC(=O)OCCCCOC1CCCCC1. The fourth-order valence-corrected chi connectivity index (χ4v) is 1.90. The van der Waals surface area contributed by atoms with Crippen LogP contribution in [0.25, 0.3) is 0 Å². The highest BCUT2D eigenvalue weighted by molar-refractivity contribution is 5.65. The van der Waals surface area contributed by atoms with Crippen LogP contribution in [0.1, 0.15) is 51.9 Å². The van der Waals surface area contributed by atoms with E-state index in [-0.39, 0.29) is 5.97 Å². The van der Waals surface area contributed by atoms with E-state index in [1.165, 1.54) is 39.0 Å². The summed E-state index contributed by atoms with van der Waals surface area (Å²) in [5.41, 5.74) is 0. The lowest BCUT2D eigenvalue weighted by Crippen LogP contribution is -2.17. The minimum Gasteiger partial charge on any atom is -0.466 e. The van der Waals surface area contributed by atoms with Crippen LogP contribution in [-0.4, -0.2) is 25.3 Å². The topological polar surface area (TPSA) is 35.5 Å². The van der Waals surface area contributed by atoms with E-state index in [0.717, 1.165) is 19.4 Å². The van der Waals surface area contributed by atoms with E-state index in [4.69, 9.17) is 9.47 Å². The Hall–Kier alpha value is -0.570. The molecule has 0 unspecified atom stereocenters. The first-order valence-electron chi connectivity index (χ1n) is 6.04. The van der Waals surface area contributed by atoms with Crippen LogP contribution in [0.15, 0.2) is 0 Å². The molecule has 0 aromatic carbocycles. The molecule has 88 valence electrons. The molecule has 0 radical (unpaired) electrons. The molecule has 0 N–H and O–H groups in total. The van der Waals surface area contributed by atoms with Gasteiger partial charge in [-0.3, -0.25) is 4.79 Å². The summed E-state index contributed by atoms with van der Waals surface area (Å²) in [6.07, 6.45) is 8.85. The first kappa shape index (κ1) is 12.5. The molecular formula is C12H22O3. The summed E-state index contributed by atoms with van der Waals surface area (Å²) in [6.45, 7) is 2.79. The van der Waals surface area contributed by atoms with Crippen molar-refractivity contribution in [3.8, 4) is 0 Å². The maximum Gasteiger partial charge on any atom is 0.302 e. The third-order valence-electron chi connectivity index (χ3n) is 2.75. The summed E-state index contributed by atoms with van der Waals surface area (Å²) in [6, 6.07) is 0. The van der Waals surface area contributed by atoms with Gasteiger partial charge in [-0.2, -0.15) is 0 Å². The van der Waals surface area contributed by atoms with E-state index in [2.05, 4.69) is 0 Å². The van der Waals surface area contributed by atoms with Crippen molar-refractivity contribution in [1.29, 1.82) is 0 Å². The van der Waals surface area contributed by atoms with E-state index in [1.807, 2.05) is 0 Å². The lowest BCUT2D eigenvalue weighted by Gasteiger charge is -2.21. The minimum atomic E-state index is -0.191. The van der Waals surface area contributed by atoms with Gasteiger partial charge in [-0.1, -0.05) is 19.3 Å². The van der Waals surface area contributed by atoms with Gasteiger partial charge in [0, 0.05) is 13.5 Å². The molecule has 1 aliphatic rings. The van der Waals surface area contributed by atoms with Crippen LogP contribution >= 0.6 is 0 Å². The van der Waals surface area contributed by atoms with Gasteiger partial charge in [0.1, 0.15) is 0 Å². The lowest BCUT2D eigenvalue weighted by atomic mass is 9.98. The number of hydrogen-bond acceptors (Lipinski definition) is 3.